The Morgan fingerprint density at radius 2 is 1.60 bits per heavy atom. The van der Waals surface area contributed by atoms with Gasteiger partial charge < -0.3 is 9.47 Å². The van der Waals surface area contributed by atoms with Crippen molar-refractivity contribution < 1.29 is 28.7 Å². The van der Waals surface area contributed by atoms with Gasteiger partial charge in [-0.2, -0.15) is 0 Å². The summed E-state index contributed by atoms with van der Waals surface area (Å²) in [6, 6.07) is 0. The van der Waals surface area contributed by atoms with E-state index < -0.39 is 35.5 Å². The van der Waals surface area contributed by atoms with Crippen LogP contribution in [0, 0.1) is 22.7 Å². The molecule has 0 aromatic rings. The summed E-state index contributed by atoms with van der Waals surface area (Å²) in [7, 11) is 0. The highest BCUT2D eigenvalue weighted by Crippen LogP contribution is 2.55. The van der Waals surface area contributed by atoms with Crippen molar-refractivity contribution in [2.24, 2.45) is 22.7 Å². The molecule has 0 aromatic heterocycles. The highest BCUT2D eigenvalue weighted by atomic mass is 16.5. The van der Waals surface area contributed by atoms with Gasteiger partial charge >= 0.3 is 11.9 Å². The van der Waals surface area contributed by atoms with E-state index in [1.807, 2.05) is 6.92 Å². The van der Waals surface area contributed by atoms with E-state index >= 15 is 0 Å². The molecular formula is C24H32O6. The summed E-state index contributed by atoms with van der Waals surface area (Å²) in [5.74, 6) is -1.89. The molecular weight excluding hydrogens is 384 g/mol. The summed E-state index contributed by atoms with van der Waals surface area (Å²) in [6.45, 7) is 12.7. The van der Waals surface area contributed by atoms with Crippen molar-refractivity contribution in [1.29, 1.82) is 0 Å². The molecule has 0 unspecified atom stereocenters. The summed E-state index contributed by atoms with van der Waals surface area (Å²) in [5.41, 5.74) is -0.178. The lowest BCUT2D eigenvalue weighted by atomic mass is 9.52. The highest BCUT2D eigenvalue weighted by Gasteiger charge is 2.55. The van der Waals surface area contributed by atoms with Gasteiger partial charge in [0.05, 0.1) is 0 Å². The van der Waals surface area contributed by atoms with Gasteiger partial charge in [0.2, 0.25) is 0 Å². The van der Waals surface area contributed by atoms with Gasteiger partial charge in [0, 0.05) is 37.2 Å². The molecule has 0 radical (unpaired) electrons. The number of Topliss-reactive ketones (excluding diaryl/α,β-unsaturated/α-hetero) is 2. The van der Waals surface area contributed by atoms with Crippen molar-refractivity contribution in [3.63, 3.8) is 0 Å². The number of esters is 2. The molecule has 0 aromatic carbocycles. The first-order valence-electron chi connectivity index (χ1n) is 10.7. The lowest BCUT2D eigenvalue weighted by Gasteiger charge is -2.51. The molecule has 3 aliphatic carbocycles. The SMILES string of the molecule is C=C1C(=O)C2=C[C@H]1C[C@H](OC(C)=O)C(=O)[C@]1(C)CCCC(C)(C)[C@H]1C[C@H]2OC(C)=O. The third-order valence-corrected chi connectivity index (χ3v) is 7.35. The molecule has 164 valence electrons. The van der Waals surface area contributed by atoms with E-state index in [2.05, 4.69) is 20.4 Å². The second-order valence-electron chi connectivity index (χ2n) is 9.93. The normalized spacial score (nSPS) is 35.9. The van der Waals surface area contributed by atoms with Crippen molar-refractivity contribution in [3.8, 4) is 0 Å². The first-order valence-corrected chi connectivity index (χ1v) is 10.7. The van der Waals surface area contributed by atoms with Crippen molar-refractivity contribution >= 4 is 23.5 Å². The predicted octanol–water partition coefficient (Wildman–Crippen LogP) is 3.73. The lowest BCUT2D eigenvalue weighted by molar-refractivity contribution is -0.164. The Labute approximate surface area is 178 Å². The number of ether oxygens (including phenoxy) is 2. The first-order chi connectivity index (χ1) is 13.9. The monoisotopic (exact) mass is 416 g/mol. The van der Waals surface area contributed by atoms with E-state index in [1.165, 1.54) is 13.8 Å². The van der Waals surface area contributed by atoms with Gasteiger partial charge in [0.25, 0.3) is 0 Å². The summed E-state index contributed by atoms with van der Waals surface area (Å²) < 4.78 is 11.1. The minimum absolute atomic E-state index is 0.110. The molecule has 3 aliphatic rings. The average molecular weight is 417 g/mol. The molecule has 0 amide bonds. The van der Waals surface area contributed by atoms with Crippen molar-refractivity contribution in [2.75, 3.05) is 0 Å². The maximum atomic E-state index is 13.8. The van der Waals surface area contributed by atoms with E-state index in [4.69, 9.17) is 9.47 Å². The lowest BCUT2D eigenvalue weighted by Crippen LogP contribution is -2.52. The number of carbonyl (C=O) groups excluding carboxylic acids is 4. The molecule has 30 heavy (non-hydrogen) atoms. The fraction of sp³-hybridized carbons (Fsp3) is 0.667. The van der Waals surface area contributed by atoms with Crippen molar-refractivity contribution in [3.05, 3.63) is 23.8 Å². The Morgan fingerprint density at radius 3 is 2.20 bits per heavy atom. The molecule has 0 aliphatic heterocycles. The molecule has 6 heteroatoms. The molecule has 2 bridgehead atoms. The molecule has 1 fully saturated rings. The molecule has 5 atom stereocenters. The number of ketones is 2. The largest absolute Gasteiger partial charge is 0.458 e. The second-order valence-corrected chi connectivity index (χ2v) is 9.93. The number of carbonyl (C=O) groups is 4. The van der Waals surface area contributed by atoms with Crippen LogP contribution in [-0.4, -0.2) is 35.7 Å². The molecule has 0 spiro atoms. The average Bonchev–Trinajstić information content (AvgIpc) is 2.89. The Hall–Kier alpha value is -2.24. The number of hydrogen-bond acceptors (Lipinski definition) is 6. The smallest absolute Gasteiger partial charge is 0.303 e. The van der Waals surface area contributed by atoms with E-state index in [1.54, 1.807) is 6.08 Å². The summed E-state index contributed by atoms with van der Waals surface area (Å²) in [5, 5.41) is 0. The van der Waals surface area contributed by atoms with Crippen LogP contribution in [0.4, 0.5) is 0 Å². The summed E-state index contributed by atoms with van der Waals surface area (Å²) in [4.78, 5) is 50.4. The van der Waals surface area contributed by atoms with E-state index in [-0.39, 0.29) is 29.3 Å². The molecule has 3 rings (SSSR count). The number of fused-ring (bicyclic) bond motifs is 2. The Morgan fingerprint density at radius 1 is 1.00 bits per heavy atom. The van der Waals surface area contributed by atoms with Crippen LogP contribution < -0.4 is 0 Å². The van der Waals surface area contributed by atoms with Crippen LogP contribution in [0.15, 0.2) is 23.8 Å². The fourth-order valence-corrected chi connectivity index (χ4v) is 5.87. The molecule has 0 N–H and O–H groups in total. The third-order valence-electron chi connectivity index (χ3n) is 7.35. The van der Waals surface area contributed by atoms with E-state index in [0.717, 1.165) is 12.8 Å². The van der Waals surface area contributed by atoms with E-state index in [0.29, 0.717) is 24.0 Å². The quantitative estimate of drug-likeness (QED) is 0.504. The third kappa shape index (κ3) is 3.88. The summed E-state index contributed by atoms with van der Waals surface area (Å²) >= 11 is 0. The molecule has 6 nitrogen and oxygen atoms in total. The van der Waals surface area contributed by atoms with Gasteiger partial charge in [-0.05, 0) is 36.2 Å². The van der Waals surface area contributed by atoms with Crippen LogP contribution >= 0.6 is 0 Å². The van der Waals surface area contributed by atoms with Gasteiger partial charge in [0.1, 0.15) is 6.10 Å². The zero-order chi connectivity index (χ0) is 22.4. The van der Waals surface area contributed by atoms with Crippen molar-refractivity contribution in [1.82, 2.24) is 0 Å². The zero-order valence-corrected chi connectivity index (χ0v) is 18.6. The van der Waals surface area contributed by atoms with Crippen LogP contribution in [-0.2, 0) is 28.7 Å². The van der Waals surface area contributed by atoms with Gasteiger partial charge in [-0.15, -0.1) is 0 Å². The predicted molar refractivity (Wildman–Crippen MR) is 110 cm³/mol. The van der Waals surface area contributed by atoms with Gasteiger partial charge in [0.15, 0.2) is 17.7 Å². The number of hydrogen-bond donors (Lipinski definition) is 0. The van der Waals surface area contributed by atoms with Gasteiger partial charge in [-0.25, -0.2) is 0 Å². The number of rotatable bonds is 2. The van der Waals surface area contributed by atoms with Crippen LogP contribution in [0.1, 0.15) is 66.7 Å². The van der Waals surface area contributed by atoms with Gasteiger partial charge in [-0.1, -0.05) is 39.8 Å². The minimum atomic E-state index is -0.931. The Kier molecular flexibility index (Phi) is 5.82. The molecule has 0 heterocycles. The maximum absolute atomic E-state index is 13.8. The highest BCUT2D eigenvalue weighted by molar-refractivity contribution is 6.12. The minimum Gasteiger partial charge on any atom is -0.458 e. The zero-order valence-electron chi connectivity index (χ0n) is 18.6. The van der Waals surface area contributed by atoms with E-state index in [9.17, 15) is 19.2 Å². The molecule has 0 saturated heterocycles. The Bertz CT molecular complexity index is 835. The second kappa shape index (κ2) is 7.78. The molecule has 1 saturated carbocycles. The first kappa shape index (κ1) is 22.4. The van der Waals surface area contributed by atoms with Crippen LogP contribution in [0.25, 0.3) is 0 Å². The van der Waals surface area contributed by atoms with Crippen molar-refractivity contribution in [2.45, 2.75) is 78.9 Å². The fourth-order valence-electron chi connectivity index (χ4n) is 5.87. The standard InChI is InChI=1S/C24H32O6/c1-13-16-10-17(21(13)27)18(29-14(2)25)12-20-23(4,5)8-7-9-24(20,6)22(28)19(11-16)30-15(3)26/h10,16,18-20H,1,7-9,11-12H2,2-6H3/t16-,18+,19-,20+,24+/m0/s1. The van der Waals surface area contributed by atoms with Crippen LogP contribution in [0.2, 0.25) is 0 Å². The van der Waals surface area contributed by atoms with Crippen LogP contribution in [0.3, 0.4) is 0 Å². The topological polar surface area (TPSA) is 86.7 Å². The van der Waals surface area contributed by atoms with Gasteiger partial charge in [-0.3, -0.25) is 19.2 Å². The number of allylic oxidation sites excluding steroid dienone is 2. The maximum Gasteiger partial charge on any atom is 0.303 e. The van der Waals surface area contributed by atoms with Crippen LogP contribution in [0.5, 0.6) is 0 Å². The Balaban J connectivity index is 2.15. The summed E-state index contributed by atoms with van der Waals surface area (Å²) in [6.07, 6.45) is 3.14.